The Balaban J connectivity index is 1.48. The number of urea groups is 2. The molecular formula is C21H22N4O5. The molecule has 9 heteroatoms. The predicted octanol–water partition coefficient (Wildman–Crippen LogP) is 2.39. The Morgan fingerprint density at radius 1 is 1.00 bits per heavy atom. The van der Waals surface area contributed by atoms with Gasteiger partial charge < -0.3 is 24.6 Å². The van der Waals surface area contributed by atoms with E-state index in [2.05, 4.69) is 5.32 Å². The number of benzene rings is 2. The first kappa shape index (κ1) is 19.6. The van der Waals surface area contributed by atoms with Gasteiger partial charge in [0.2, 0.25) is 0 Å². The number of carbonyl (C=O) groups is 3. The lowest BCUT2D eigenvalue weighted by atomic mass is 10.2. The summed E-state index contributed by atoms with van der Waals surface area (Å²) in [4.78, 5) is 42.8. The summed E-state index contributed by atoms with van der Waals surface area (Å²) in [5, 5.41) is 2.81. The molecule has 0 saturated carbocycles. The normalized spacial score (nSPS) is 18.3. The van der Waals surface area contributed by atoms with Gasteiger partial charge in [0, 0.05) is 30.9 Å². The molecule has 2 aromatic rings. The van der Waals surface area contributed by atoms with Gasteiger partial charge in [0.05, 0.1) is 26.5 Å². The second-order valence-corrected chi connectivity index (χ2v) is 6.98. The number of methoxy groups -OCH3 is 2. The maximum absolute atomic E-state index is 13.0. The molecule has 1 atom stereocenters. The van der Waals surface area contributed by atoms with Crippen molar-refractivity contribution < 1.29 is 23.9 Å². The van der Waals surface area contributed by atoms with Crippen LogP contribution in [0, 0.1) is 0 Å². The SMILES string of the molecule is COc1cccc(NC(=O)N2CCN3C(=O)N(c4cccc(OC)c4)C(=O)[C@H]3C2)c1. The van der Waals surface area contributed by atoms with Crippen molar-refractivity contribution in [1.82, 2.24) is 9.80 Å². The minimum absolute atomic E-state index is 0.126. The summed E-state index contributed by atoms with van der Waals surface area (Å²) >= 11 is 0. The van der Waals surface area contributed by atoms with Crippen molar-refractivity contribution in [1.29, 1.82) is 0 Å². The van der Waals surface area contributed by atoms with Crippen LogP contribution in [0.2, 0.25) is 0 Å². The number of hydrogen-bond acceptors (Lipinski definition) is 5. The fourth-order valence-corrected chi connectivity index (χ4v) is 3.67. The fraction of sp³-hybridized carbons (Fsp3) is 0.286. The number of amides is 5. The first-order chi connectivity index (χ1) is 14.5. The van der Waals surface area contributed by atoms with Crippen LogP contribution in [-0.2, 0) is 4.79 Å². The molecule has 30 heavy (non-hydrogen) atoms. The maximum Gasteiger partial charge on any atom is 0.332 e. The van der Waals surface area contributed by atoms with Crippen LogP contribution in [0.5, 0.6) is 11.5 Å². The summed E-state index contributed by atoms with van der Waals surface area (Å²) in [6, 6.07) is 12.4. The fourth-order valence-electron chi connectivity index (χ4n) is 3.67. The lowest BCUT2D eigenvalue weighted by Gasteiger charge is -2.35. The van der Waals surface area contributed by atoms with Crippen LogP contribution in [0.4, 0.5) is 21.0 Å². The molecule has 0 spiro atoms. The lowest BCUT2D eigenvalue weighted by Crippen LogP contribution is -2.55. The van der Waals surface area contributed by atoms with E-state index < -0.39 is 6.04 Å². The topological polar surface area (TPSA) is 91.4 Å². The largest absolute Gasteiger partial charge is 0.497 e. The van der Waals surface area contributed by atoms with Gasteiger partial charge >= 0.3 is 12.1 Å². The zero-order valence-corrected chi connectivity index (χ0v) is 16.7. The quantitative estimate of drug-likeness (QED) is 0.782. The third kappa shape index (κ3) is 3.49. The Morgan fingerprint density at radius 2 is 1.70 bits per heavy atom. The van der Waals surface area contributed by atoms with Gasteiger partial charge in [0.25, 0.3) is 5.91 Å². The van der Waals surface area contributed by atoms with Crippen LogP contribution >= 0.6 is 0 Å². The molecule has 0 bridgehead atoms. The van der Waals surface area contributed by atoms with Crippen LogP contribution in [0.15, 0.2) is 48.5 Å². The van der Waals surface area contributed by atoms with E-state index in [0.717, 1.165) is 4.90 Å². The molecule has 156 valence electrons. The zero-order valence-electron chi connectivity index (χ0n) is 16.7. The Morgan fingerprint density at radius 3 is 2.43 bits per heavy atom. The average molecular weight is 410 g/mol. The summed E-state index contributed by atoms with van der Waals surface area (Å²) in [5.74, 6) is 0.826. The highest BCUT2D eigenvalue weighted by atomic mass is 16.5. The van der Waals surface area contributed by atoms with Gasteiger partial charge in [0.1, 0.15) is 17.5 Å². The third-order valence-electron chi connectivity index (χ3n) is 5.24. The molecule has 4 rings (SSSR count). The van der Waals surface area contributed by atoms with E-state index in [0.29, 0.717) is 29.4 Å². The van der Waals surface area contributed by atoms with E-state index in [1.807, 2.05) is 0 Å². The minimum Gasteiger partial charge on any atom is -0.497 e. The standard InChI is InChI=1S/C21H22N4O5/c1-29-16-7-3-5-14(11-16)22-20(27)23-9-10-24-18(13-23)19(26)25(21(24)28)15-6-4-8-17(12-15)30-2/h3-8,11-12,18H,9-10,13H2,1-2H3,(H,22,27)/t18-/m1/s1. The molecule has 0 aromatic heterocycles. The van der Waals surface area contributed by atoms with Gasteiger partial charge in [-0.1, -0.05) is 12.1 Å². The zero-order chi connectivity index (χ0) is 21.3. The highest BCUT2D eigenvalue weighted by Gasteiger charge is 2.49. The summed E-state index contributed by atoms with van der Waals surface area (Å²) < 4.78 is 10.4. The molecule has 2 aromatic carbocycles. The predicted molar refractivity (Wildman–Crippen MR) is 110 cm³/mol. The number of imide groups is 1. The Kier molecular flexibility index (Phi) is 5.18. The molecule has 0 radical (unpaired) electrons. The second-order valence-electron chi connectivity index (χ2n) is 6.98. The van der Waals surface area contributed by atoms with E-state index in [4.69, 9.17) is 9.47 Å². The van der Waals surface area contributed by atoms with Gasteiger partial charge in [-0.05, 0) is 24.3 Å². The van der Waals surface area contributed by atoms with Crippen LogP contribution in [0.3, 0.4) is 0 Å². The Bertz CT molecular complexity index is 995. The number of ether oxygens (including phenoxy) is 2. The lowest BCUT2D eigenvalue weighted by molar-refractivity contribution is -0.120. The van der Waals surface area contributed by atoms with Crippen molar-refractivity contribution in [3.05, 3.63) is 48.5 Å². The van der Waals surface area contributed by atoms with Crippen molar-refractivity contribution in [2.45, 2.75) is 6.04 Å². The van der Waals surface area contributed by atoms with E-state index in [1.54, 1.807) is 60.5 Å². The summed E-state index contributed by atoms with van der Waals surface area (Å²) in [5.41, 5.74) is 1.04. The molecule has 2 saturated heterocycles. The van der Waals surface area contributed by atoms with Crippen molar-refractivity contribution >= 4 is 29.3 Å². The number of nitrogens with zero attached hydrogens (tertiary/aromatic N) is 3. The molecule has 0 aliphatic carbocycles. The van der Waals surface area contributed by atoms with E-state index in [1.165, 1.54) is 12.0 Å². The smallest absolute Gasteiger partial charge is 0.332 e. The highest BCUT2D eigenvalue weighted by molar-refractivity contribution is 6.21. The molecule has 9 nitrogen and oxygen atoms in total. The molecule has 1 N–H and O–H groups in total. The van der Waals surface area contributed by atoms with Crippen molar-refractivity contribution in [3.63, 3.8) is 0 Å². The first-order valence-corrected chi connectivity index (χ1v) is 9.50. The third-order valence-corrected chi connectivity index (χ3v) is 5.24. The number of hydrogen-bond donors (Lipinski definition) is 1. The molecule has 5 amide bonds. The van der Waals surface area contributed by atoms with E-state index in [-0.39, 0.29) is 31.1 Å². The summed E-state index contributed by atoms with van der Waals surface area (Å²) in [7, 11) is 3.08. The second kappa shape index (κ2) is 7.94. The first-order valence-electron chi connectivity index (χ1n) is 9.50. The minimum atomic E-state index is -0.714. The van der Waals surface area contributed by atoms with Gasteiger partial charge in [-0.15, -0.1) is 0 Å². The number of carbonyl (C=O) groups excluding carboxylic acids is 3. The number of piperazine rings is 1. The van der Waals surface area contributed by atoms with Gasteiger partial charge in [-0.3, -0.25) is 4.79 Å². The Hall–Kier alpha value is -3.75. The summed E-state index contributed by atoms with van der Waals surface area (Å²) in [6.45, 7) is 0.735. The van der Waals surface area contributed by atoms with Gasteiger partial charge in [0.15, 0.2) is 0 Å². The maximum atomic E-state index is 13.0. The number of anilines is 2. The van der Waals surface area contributed by atoms with Crippen molar-refractivity contribution in [3.8, 4) is 11.5 Å². The van der Waals surface area contributed by atoms with E-state index in [9.17, 15) is 14.4 Å². The van der Waals surface area contributed by atoms with Crippen LogP contribution in [0.1, 0.15) is 0 Å². The molecule has 2 heterocycles. The number of fused-ring (bicyclic) bond motifs is 1. The van der Waals surface area contributed by atoms with Gasteiger partial charge in [-0.25, -0.2) is 14.5 Å². The molecule has 2 aliphatic heterocycles. The highest BCUT2D eigenvalue weighted by Crippen LogP contribution is 2.30. The van der Waals surface area contributed by atoms with Crippen molar-refractivity contribution in [2.75, 3.05) is 44.1 Å². The van der Waals surface area contributed by atoms with Crippen LogP contribution < -0.4 is 19.7 Å². The van der Waals surface area contributed by atoms with Crippen molar-refractivity contribution in [2.24, 2.45) is 0 Å². The van der Waals surface area contributed by atoms with Crippen LogP contribution in [0.25, 0.3) is 0 Å². The number of nitrogens with one attached hydrogen (secondary N) is 1. The Labute approximate surface area is 173 Å². The molecule has 2 fully saturated rings. The number of rotatable bonds is 4. The molecule has 2 aliphatic rings. The monoisotopic (exact) mass is 410 g/mol. The average Bonchev–Trinajstić information content (AvgIpc) is 3.03. The van der Waals surface area contributed by atoms with Gasteiger partial charge in [-0.2, -0.15) is 0 Å². The summed E-state index contributed by atoms with van der Waals surface area (Å²) in [6.07, 6.45) is 0. The van der Waals surface area contributed by atoms with E-state index >= 15 is 0 Å². The molecular weight excluding hydrogens is 388 g/mol. The molecule has 0 unspecified atom stereocenters. The van der Waals surface area contributed by atoms with Crippen LogP contribution in [-0.4, -0.2) is 67.7 Å².